The molecule has 0 radical (unpaired) electrons. The van der Waals surface area contributed by atoms with Gasteiger partial charge in [0, 0.05) is 6.42 Å². The van der Waals surface area contributed by atoms with Crippen molar-refractivity contribution in [3.63, 3.8) is 0 Å². The van der Waals surface area contributed by atoms with Crippen LogP contribution in [-0.4, -0.2) is 42.7 Å². The van der Waals surface area contributed by atoms with Crippen molar-refractivity contribution >= 4 is 17.8 Å². The van der Waals surface area contributed by atoms with Crippen LogP contribution < -0.4 is 10.1 Å². The third kappa shape index (κ3) is 6.42. The summed E-state index contributed by atoms with van der Waals surface area (Å²) in [6, 6.07) is 7.52. The molecule has 1 unspecified atom stereocenters. The third-order valence-corrected chi connectivity index (χ3v) is 2.61. The van der Waals surface area contributed by atoms with Crippen molar-refractivity contribution in [2.75, 3.05) is 13.7 Å². The molecule has 1 aromatic carbocycles. The minimum atomic E-state index is -1.22. The zero-order chi connectivity index (χ0) is 15.7. The van der Waals surface area contributed by atoms with Gasteiger partial charge in [-0.05, 0) is 18.6 Å². The number of nitrogens with one attached hydrogen (secondary N) is 1. The first kappa shape index (κ1) is 16.5. The van der Waals surface area contributed by atoms with Crippen LogP contribution in [0.4, 0.5) is 0 Å². The number of carbonyl (C=O) groups is 3. The van der Waals surface area contributed by atoms with E-state index in [0.717, 1.165) is 0 Å². The van der Waals surface area contributed by atoms with Crippen LogP contribution in [0.5, 0.6) is 5.75 Å². The monoisotopic (exact) mass is 295 g/mol. The lowest BCUT2D eigenvalue weighted by molar-refractivity contribution is -0.144. The number of ether oxygens (including phenoxy) is 2. The Morgan fingerprint density at radius 3 is 2.48 bits per heavy atom. The van der Waals surface area contributed by atoms with Crippen molar-refractivity contribution in [1.29, 1.82) is 0 Å². The molecule has 7 nitrogen and oxygen atoms in total. The Kier molecular flexibility index (Phi) is 6.73. The fourth-order valence-electron chi connectivity index (χ4n) is 1.52. The van der Waals surface area contributed by atoms with E-state index >= 15 is 0 Å². The van der Waals surface area contributed by atoms with E-state index in [2.05, 4.69) is 10.1 Å². The van der Waals surface area contributed by atoms with Gasteiger partial charge in [-0.25, -0.2) is 4.79 Å². The molecule has 0 spiro atoms. The standard InChI is InChI=1S/C14H17NO6/c1-20-13(17)8-7-11(14(18)19)15-12(16)9-21-10-5-3-2-4-6-10/h2-6,11H,7-9H2,1H3,(H,15,16)(H,18,19). The molecule has 1 aromatic rings. The number of hydrogen-bond donors (Lipinski definition) is 2. The van der Waals surface area contributed by atoms with Crippen LogP contribution in [0.15, 0.2) is 30.3 Å². The molecule has 21 heavy (non-hydrogen) atoms. The largest absolute Gasteiger partial charge is 0.484 e. The number of rotatable bonds is 8. The van der Waals surface area contributed by atoms with Crippen molar-refractivity contribution in [1.82, 2.24) is 5.32 Å². The Labute approximate surface area is 121 Å². The molecular formula is C14H17NO6. The van der Waals surface area contributed by atoms with Crippen molar-refractivity contribution in [2.24, 2.45) is 0 Å². The van der Waals surface area contributed by atoms with Crippen LogP contribution in [0.1, 0.15) is 12.8 Å². The Morgan fingerprint density at radius 1 is 1.24 bits per heavy atom. The molecule has 1 atom stereocenters. The number of methoxy groups -OCH3 is 1. The first-order valence-corrected chi connectivity index (χ1v) is 6.29. The average molecular weight is 295 g/mol. The van der Waals surface area contributed by atoms with Gasteiger partial charge < -0.3 is 19.9 Å². The summed E-state index contributed by atoms with van der Waals surface area (Å²) in [5.74, 6) is -1.81. The van der Waals surface area contributed by atoms with E-state index in [9.17, 15) is 14.4 Å². The van der Waals surface area contributed by atoms with E-state index in [-0.39, 0.29) is 19.4 Å². The van der Waals surface area contributed by atoms with E-state index < -0.39 is 23.9 Å². The van der Waals surface area contributed by atoms with Gasteiger partial charge in [0.15, 0.2) is 6.61 Å². The minimum absolute atomic E-state index is 0.0426. The molecule has 0 aliphatic carbocycles. The third-order valence-electron chi connectivity index (χ3n) is 2.61. The highest BCUT2D eigenvalue weighted by Gasteiger charge is 2.21. The SMILES string of the molecule is COC(=O)CCC(NC(=O)COc1ccccc1)C(=O)O. The number of carboxylic acid groups (broad SMARTS) is 1. The minimum Gasteiger partial charge on any atom is -0.484 e. The van der Waals surface area contributed by atoms with Crippen LogP contribution in [0.2, 0.25) is 0 Å². The second kappa shape index (κ2) is 8.57. The highest BCUT2D eigenvalue weighted by molar-refractivity contribution is 5.84. The summed E-state index contributed by atoms with van der Waals surface area (Å²) < 4.78 is 9.62. The van der Waals surface area contributed by atoms with Crippen LogP contribution in [0, 0.1) is 0 Å². The van der Waals surface area contributed by atoms with Gasteiger partial charge in [0.05, 0.1) is 7.11 Å². The molecule has 0 saturated heterocycles. The summed E-state index contributed by atoms with van der Waals surface area (Å²) in [7, 11) is 1.21. The predicted octanol–water partition coefficient (Wildman–Crippen LogP) is 0.588. The van der Waals surface area contributed by atoms with Gasteiger partial charge in [-0.1, -0.05) is 18.2 Å². The van der Waals surface area contributed by atoms with E-state index in [1.165, 1.54) is 7.11 Å². The molecule has 0 heterocycles. The molecule has 0 aliphatic heterocycles. The molecule has 2 N–H and O–H groups in total. The number of aliphatic carboxylic acids is 1. The number of carboxylic acids is 1. The summed E-state index contributed by atoms with van der Waals surface area (Å²) in [6.07, 6.45) is -0.133. The van der Waals surface area contributed by atoms with E-state index in [4.69, 9.17) is 9.84 Å². The van der Waals surface area contributed by atoms with Crippen LogP contribution in [0.3, 0.4) is 0 Å². The van der Waals surface area contributed by atoms with Crippen LogP contribution in [0.25, 0.3) is 0 Å². The maximum Gasteiger partial charge on any atom is 0.326 e. The molecule has 114 valence electrons. The average Bonchev–Trinajstić information content (AvgIpc) is 2.49. The lowest BCUT2D eigenvalue weighted by Crippen LogP contribution is -2.43. The van der Waals surface area contributed by atoms with E-state index in [1.807, 2.05) is 0 Å². The predicted molar refractivity (Wildman–Crippen MR) is 72.8 cm³/mol. The van der Waals surface area contributed by atoms with Crippen LogP contribution >= 0.6 is 0 Å². The molecule has 7 heteroatoms. The zero-order valence-corrected chi connectivity index (χ0v) is 11.6. The molecule has 0 aliphatic rings. The van der Waals surface area contributed by atoms with Gasteiger partial charge in [0.25, 0.3) is 5.91 Å². The summed E-state index contributed by atoms with van der Waals surface area (Å²) in [5, 5.41) is 11.3. The lowest BCUT2D eigenvalue weighted by atomic mass is 10.1. The second-order valence-corrected chi connectivity index (χ2v) is 4.17. The fourth-order valence-corrected chi connectivity index (χ4v) is 1.52. The zero-order valence-electron chi connectivity index (χ0n) is 11.6. The maximum atomic E-state index is 11.6. The molecule has 0 aromatic heterocycles. The lowest BCUT2D eigenvalue weighted by Gasteiger charge is -2.14. The molecule has 0 fully saturated rings. The van der Waals surface area contributed by atoms with Crippen molar-refractivity contribution < 1.29 is 29.0 Å². The van der Waals surface area contributed by atoms with Gasteiger partial charge in [-0.2, -0.15) is 0 Å². The molecule has 0 saturated carbocycles. The van der Waals surface area contributed by atoms with Gasteiger partial charge in [-0.15, -0.1) is 0 Å². The van der Waals surface area contributed by atoms with Crippen molar-refractivity contribution in [3.05, 3.63) is 30.3 Å². The van der Waals surface area contributed by atoms with Gasteiger partial charge in [-0.3, -0.25) is 9.59 Å². The molecule has 1 rings (SSSR count). The van der Waals surface area contributed by atoms with E-state index in [0.29, 0.717) is 5.75 Å². The maximum absolute atomic E-state index is 11.6. The number of hydrogen-bond acceptors (Lipinski definition) is 5. The first-order valence-electron chi connectivity index (χ1n) is 6.29. The van der Waals surface area contributed by atoms with Gasteiger partial charge >= 0.3 is 11.9 Å². The number of esters is 1. The first-order chi connectivity index (χ1) is 10.0. The highest BCUT2D eigenvalue weighted by atomic mass is 16.5. The number of benzene rings is 1. The summed E-state index contributed by atoms with van der Waals surface area (Å²) in [4.78, 5) is 33.6. The van der Waals surface area contributed by atoms with Crippen molar-refractivity contribution in [2.45, 2.75) is 18.9 Å². The van der Waals surface area contributed by atoms with Gasteiger partial charge in [0.2, 0.25) is 0 Å². The topological polar surface area (TPSA) is 102 Å². The Morgan fingerprint density at radius 2 is 1.90 bits per heavy atom. The number of para-hydroxylation sites is 1. The van der Waals surface area contributed by atoms with Gasteiger partial charge in [0.1, 0.15) is 11.8 Å². The second-order valence-electron chi connectivity index (χ2n) is 4.17. The molecule has 0 bridgehead atoms. The Hall–Kier alpha value is -2.57. The van der Waals surface area contributed by atoms with Crippen LogP contribution in [-0.2, 0) is 19.1 Å². The summed E-state index contributed by atoms with van der Waals surface area (Å²) >= 11 is 0. The summed E-state index contributed by atoms with van der Waals surface area (Å²) in [5.41, 5.74) is 0. The number of carbonyl (C=O) groups excluding carboxylic acids is 2. The molecule has 1 amide bonds. The normalized spacial score (nSPS) is 11.3. The number of amides is 1. The smallest absolute Gasteiger partial charge is 0.326 e. The summed E-state index contributed by atoms with van der Waals surface area (Å²) in [6.45, 7) is -0.300. The Balaban J connectivity index is 2.41. The van der Waals surface area contributed by atoms with E-state index in [1.54, 1.807) is 30.3 Å². The molecular weight excluding hydrogens is 278 g/mol. The van der Waals surface area contributed by atoms with Crippen molar-refractivity contribution in [3.8, 4) is 5.75 Å². The Bertz CT molecular complexity index is 487. The highest BCUT2D eigenvalue weighted by Crippen LogP contribution is 2.07. The fraction of sp³-hybridized carbons (Fsp3) is 0.357. The quantitative estimate of drug-likeness (QED) is 0.680.